The lowest BCUT2D eigenvalue weighted by Gasteiger charge is -2.05. The van der Waals surface area contributed by atoms with Gasteiger partial charge in [0, 0.05) is 17.8 Å². The number of hydrogen-bond donors (Lipinski definition) is 4. The van der Waals surface area contributed by atoms with Gasteiger partial charge in [0.25, 0.3) is 5.91 Å². The van der Waals surface area contributed by atoms with Gasteiger partial charge in [0.15, 0.2) is 5.71 Å². The Balaban J connectivity index is 0.00000196. The molecule has 8 nitrogen and oxygen atoms in total. The molecule has 0 bridgehead atoms. The average molecular weight is 438 g/mol. The summed E-state index contributed by atoms with van der Waals surface area (Å²) < 4.78 is 22.5. The minimum atomic E-state index is -3.74. The van der Waals surface area contributed by atoms with Crippen molar-refractivity contribution in [2.45, 2.75) is 11.3 Å². The Kier molecular flexibility index (Phi) is 4.74. The molecule has 0 spiro atoms. The van der Waals surface area contributed by atoms with E-state index in [1.165, 1.54) is 29.8 Å². The van der Waals surface area contributed by atoms with Crippen LogP contribution >= 0.6 is 17.0 Å². The van der Waals surface area contributed by atoms with Crippen molar-refractivity contribution in [3.8, 4) is 0 Å². The topological polar surface area (TPSA) is 126 Å². The molecule has 0 fully saturated rings. The lowest BCUT2D eigenvalue weighted by atomic mass is 10.1. The van der Waals surface area contributed by atoms with Crippen LogP contribution in [0.4, 0.5) is 17.1 Å². The third kappa shape index (κ3) is 3.30. The molecule has 26 heavy (non-hydrogen) atoms. The molecule has 0 unspecified atom stereocenters. The van der Waals surface area contributed by atoms with Crippen LogP contribution in [0.5, 0.6) is 0 Å². The molecule has 0 atom stereocenters. The van der Waals surface area contributed by atoms with Gasteiger partial charge in [-0.2, -0.15) is 5.10 Å². The van der Waals surface area contributed by atoms with Crippen LogP contribution in [0.1, 0.15) is 11.1 Å². The minimum Gasteiger partial charge on any atom is -0.384 e. The van der Waals surface area contributed by atoms with Gasteiger partial charge < -0.3 is 10.6 Å². The predicted octanol–water partition coefficient (Wildman–Crippen LogP) is 1.65. The van der Waals surface area contributed by atoms with Gasteiger partial charge in [0.2, 0.25) is 10.0 Å². The summed E-state index contributed by atoms with van der Waals surface area (Å²) in [4.78, 5) is 12.2. The number of anilines is 3. The van der Waals surface area contributed by atoms with Crippen LogP contribution in [0.15, 0.2) is 46.4 Å². The lowest BCUT2D eigenvalue weighted by molar-refractivity contribution is -0.110. The van der Waals surface area contributed by atoms with Gasteiger partial charge in [-0.15, -0.1) is 17.0 Å². The van der Waals surface area contributed by atoms with Crippen molar-refractivity contribution in [3.63, 3.8) is 0 Å². The van der Waals surface area contributed by atoms with Crippen molar-refractivity contribution in [3.05, 3.63) is 47.5 Å². The molecule has 2 aromatic rings. The largest absolute Gasteiger partial charge is 0.384 e. The number of nitrogens with one attached hydrogen (secondary N) is 3. The molecule has 0 saturated carbocycles. The van der Waals surface area contributed by atoms with Crippen molar-refractivity contribution >= 4 is 55.7 Å². The van der Waals surface area contributed by atoms with Crippen LogP contribution in [0.3, 0.4) is 0 Å². The number of carbonyl (C=O) groups excluding carboxylic acids is 1. The molecule has 2 aliphatic heterocycles. The summed E-state index contributed by atoms with van der Waals surface area (Å²) in [6, 6.07) is 9.68. The zero-order valence-electron chi connectivity index (χ0n) is 13.4. The van der Waals surface area contributed by atoms with Gasteiger partial charge in [0.05, 0.1) is 16.3 Å². The van der Waals surface area contributed by atoms with Gasteiger partial charge >= 0.3 is 0 Å². The quantitative estimate of drug-likeness (QED) is 0.543. The fourth-order valence-corrected chi connectivity index (χ4v) is 3.42. The second-order valence-electron chi connectivity index (χ2n) is 5.83. The van der Waals surface area contributed by atoms with Gasteiger partial charge in [-0.1, -0.05) is 0 Å². The molecule has 0 radical (unpaired) electrons. The number of primary sulfonamides is 1. The van der Waals surface area contributed by atoms with E-state index in [4.69, 9.17) is 5.14 Å². The number of sulfonamides is 1. The number of amides is 1. The number of benzene rings is 2. The molecular weight excluding hydrogens is 422 g/mol. The third-order valence-electron chi connectivity index (χ3n) is 4.15. The first kappa shape index (κ1) is 18.4. The highest BCUT2D eigenvalue weighted by molar-refractivity contribution is 8.93. The van der Waals surface area contributed by atoms with Crippen LogP contribution in [-0.2, 0) is 21.2 Å². The smallest absolute Gasteiger partial charge is 0.276 e. The molecule has 10 heteroatoms. The zero-order chi connectivity index (χ0) is 17.6. The average Bonchev–Trinajstić information content (AvgIpc) is 3.13. The number of hydrazone groups is 1. The Morgan fingerprint density at radius 2 is 1.85 bits per heavy atom. The van der Waals surface area contributed by atoms with Gasteiger partial charge in [0.1, 0.15) is 0 Å². The molecule has 4 rings (SSSR count). The van der Waals surface area contributed by atoms with E-state index in [1.807, 2.05) is 12.1 Å². The summed E-state index contributed by atoms with van der Waals surface area (Å²) in [5, 5.41) is 15.3. The van der Waals surface area contributed by atoms with Crippen molar-refractivity contribution < 1.29 is 13.2 Å². The second-order valence-corrected chi connectivity index (χ2v) is 7.39. The maximum atomic E-state index is 12.2. The van der Waals surface area contributed by atoms with Crippen LogP contribution in [0.2, 0.25) is 0 Å². The summed E-state index contributed by atoms with van der Waals surface area (Å²) in [5.41, 5.74) is 7.26. The number of nitrogens with two attached hydrogens (primary N) is 1. The molecule has 2 aromatic carbocycles. The van der Waals surface area contributed by atoms with Crippen LogP contribution in [0, 0.1) is 0 Å². The summed E-state index contributed by atoms with van der Waals surface area (Å²) in [6.45, 7) is 0.882. The minimum absolute atomic E-state index is 0. The van der Waals surface area contributed by atoms with Crippen molar-refractivity contribution in [2.24, 2.45) is 10.2 Å². The molecule has 136 valence electrons. The van der Waals surface area contributed by atoms with E-state index < -0.39 is 10.0 Å². The second kappa shape index (κ2) is 6.71. The van der Waals surface area contributed by atoms with E-state index in [0.29, 0.717) is 5.69 Å². The Labute approximate surface area is 160 Å². The monoisotopic (exact) mass is 437 g/mol. The van der Waals surface area contributed by atoms with E-state index in [2.05, 4.69) is 21.2 Å². The van der Waals surface area contributed by atoms with Crippen molar-refractivity contribution in [1.82, 2.24) is 0 Å². The van der Waals surface area contributed by atoms with Crippen LogP contribution in [0.25, 0.3) is 0 Å². The van der Waals surface area contributed by atoms with Crippen molar-refractivity contribution in [1.29, 1.82) is 0 Å². The fourth-order valence-electron chi connectivity index (χ4n) is 2.90. The number of halogens is 1. The van der Waals surface area contributed by atoms with E-state index >= 15 is 0 Å². The van der Waals surface area contributed by atoms with Crippen LogP contribution in [-0.4, -0.2) is 26.6 Å². The Morgan fingerprint density at radius 3 is 2.54 bits per heavy atom. The van der Waals surface area contributed by atoms with E-state index in [9.17, 15) is 13.2 Å². The molecular formula is C16H16BrN5O3S. The maximum Gasteiger partial charge on any atom is 0.276 e. The molecule has 0 aliphatic carbocycles. The first-order chi connectivity index (χ1) is 11.9. The Hall–Kier alpha value is -2.43. The van der Waals surface area contributed by atoms with E-state index in [-0.39, 0.29) is 33.5 Å². The highest BCUT2D eigenvalue weighted by Crippen LogP contribution is 2.33. The molecule has 2 heterocycles. The number of nitrogens with zero attached hydrogens (tertiary/aromatic N) is 1. The molecule has 0 saturated heterocycles. The molecule has 0 aromatic heterocycles. The van der Waals surface area contributed by atoms with Crippen molar-refractivity contribution in [2.75, 3.05) is 22.6 Å². The fraction of sp³-hybridized carbons (Fsp3) is 0.125. The van der Waals surface area contributed by atoms with Gasteiger partial charge in [-0.25, -0.2) is 13.6 Å². The molecule has 2 aliphatic rings. The maximum absolute atomic E-state index is 12.2. The molecule has 1 amide bonds. The lowest BCUT2D eigenvalue weighted by Crippen LogP contribution is -2.16. The Bertz CT molecular complexity index is 1020. The first-order valence-electron chi connectivity index (χ1n) is 7.61. The number of hydrogen-bond acceptors (Lipinski definition) is 6. The number of fused-ring (bicyclic) bond motifs is 2. The highest BCUT2D eigenvalue weighted by atomic mass is 79.9. The molecule has 5 N–H and O–H groups in total. The summed E-state index contributed by atoms with van der Waals surface area (Å²) >= 11 is 0. The number of carbonyl (C=O) groups is 1. The summed E-state index contributed by atoms with van der Waals surface area (Å²) in [5.74, 6) is -0.285. The van der Waals surface area contributed by atoms with E-state index in [1.54, 1.807) is 0 Å². The third-order valence-corrected chi connectivity index (χ3v) is 5.08. The van der Waals surface area contributed by atoms with Crippen LogP contribution < -0.4 is 21.2 Å². The van der Waals surface area contributed by atoms with Gasteiger partial charge in [-0.3, -0.25) is 10.2 Å². The highest BCUT2D eigenvalue weighted by Gasteiger charge is 2.28. The zero-order valence-corrected chi connectivity index (χ0v) is 16.0. The first-order valence-corrected chi connectivity index (χ1v) is 9.15. The SMILES string of the molecule is Br.NS(=O)(=O)c1ccc(N/N=C2\C(=O)Nc3cc4c(cc32)NCC4)cc1. The normalized spacial score (nSPS) is 16.3. The predicted molar refractivity (Wildman–Crippen MR) is 106 cm³/mol. The van der Waals surface area contributed by atoms with E-state index in [0.717, 1.165) is 29.9 Å². The van der Waals surface area contributed by atoms with Gasteiger partial charge in [-0.05, 0) is 48.4 Å². The number of rotatable bonds is 3. The summed E-state index contributed by atoms with van der Waals surface area (Å²) in [7, 11) is -3.74. The summed E-state index contributed by atoms with van der Waals surface area (Å²) in [6.07, 6.45) is 0.930. The standard InChI is InChI=1S/C16H15N5O3S.BrH/c17-25(23,24)11-3-1-10(2-4-11)20-21-15-12-8-13-9(5-6-18-13)7-14(12)19-16(15)22;/h1-4,7-8,18,20H,5-6H2,(H2,17,23,24)(H,19,21,22);1H. The Morgan fingerprint density at radius 1 is 1.12 bits per heavy atom.